The first-order valence-electron chi connectivity index (χ1n) is 11.1. The van der Waals surface area contributed by atoms with Gasteiger partial charge in [-0.25, -0.2) is 4.68 Å². The molecule has 3 aromatic rings. The third-order valence-corrected chi connectivity index (χ3v) is 6.31. The molecule has 0 amide bonds. The van der Waals surface area contributed by atoms with Crippen molar-refractivity contribution in [2.24, 2.45) is 0 Å². The highest BCUT2D eigenvalue weighted by Gasteiger charge is 2.38. The molecule has 1 unspecified atom stereocenters. The predicted octanol–water partition coefficient (Wildman–Crippen LogP) is 5.27. The molecule has 1 atom stereocenters. The van der Waals surface area contributed by atoms with Crippen molar-refractivity contribution in [1.29, 1.82) is 0 Å². The van der Waals surface area contributed by atoms with Gasteiger partial charge in [0, 0.05) is 28.8 Å². The Kier molecular flexibility index (Phi) is 4.88. The Bertz CT molecular complexity index is 1220. The average molecular weight is 429 g/mol. The number of methoxy groups -OCH3 is 1. The number of hydrogen-bond acceptors (Lipinski definition) is 5. The Morgan fingerprint density at radius 3 is 2.53 bits per heavy atom. The topological polar surface area (TPSA) is 69.0 Å². The summed E-state index contributed by atoms with van der Waals surface area (Å²) in [6, 6.07) is 15.9. The number of ether oxygens (including phenoxy) is 1. The molecule has 6 heteroatoms. The number of nitrogens with zero attached hydrogens (tertiary/aromatic N) is 3. The fraction of sp³-hybridized carbons (Fsp3) is 0.346. The van der Waals surface area contributed by atoms with Crippen LogP contribution in [0.2, 0.25) is 0 Å². The molecule has 0 saturated heterocycles. The van der Waals surface area contributed by atoms with Crippen molar-refractivity contribution in [3.8, 4) is 17.1 Å². The van der Waals surface area contributed by atoms with Gasteiger partial charge in [-0.3, -0.25) is 4.79 Å². The highest BCUT2D eigenvalue weighted by molar-refractivity contribution is 5.99. The van der Waals surface area contributed by atoms with E-state index in [2.05, 4.69) is 50.4 Å². The second kappa shape index (κ2) is 7.62. The van der Waals surface area contributed by atoms with Gasteiger partial charge < -0.3 is 10.1 Å². The van der Waals surface area contributed by atoms with Crippen LogP contribution in [0.15, 0.2) is 59.8 Å². The van der Waals surface area contributed by atoms with Gasteiger partial charge in [-0.05, 0) is 29.9 Å². The number of hydrogen-bond donors (Lipinski definition) is 1. The summed E-state index contributed by atoms with van der Waals surface area (Å²) in [4.78, 5) is 17.8. The number of nitrogens with one attached hydrogen (secondary N) is 1. The van der Waals surface area contributed by atoms with Gasteiger partial charge in [-0.15, -0.1) is 5.10 Å². The number of fused-ring (bicyclic) bond motifs is 1. The van der Waals surface area contributed by atoms with E-state index in [1.807, 2.05) is 28.9 Å². The molecule has 1 aliphatic carbocycles. The number of rotatable bonds is 3. The van der Waals surface area contributed by atoms with Gasteiger partial charge in [0.1, 0.15) is 11.8 Å². The number of anilines is 1. The van der Waals surface area contributed by atoms with Crippen LogP contribution in [0.3, 0.4) is 0 Å². The molecule has 0 saturated carbocycles. The first kappa shape index (κ1) is 20.5. The standard InChI is InChI=1S/C26H28N4O2/c1-26(2,3)17-14-12-16(13-15-17)24-28-25-27-19-9-7-10-20(31)22(19)23(30(25)29-24)18-8-5-6-11-21(18)32-4/h5-6,8,11-15,23H,7,9-10H2,1-4H3,(H,27,28,29). The van der Waals surface area contributed by atoms with E-state index in [9.17, 15) is 4.79 Å². The maximum absolute atomic E-state index is 13.0. The largest absolute Gasteiger partial charge is 0.496 e. The van der Waals surface area contributed by atoms with Crippen LogP contribution in [-0.4, -0.2) is 27.7 Å². The van der Waals surface area contributed by atoms with E-state index >= 15 is 0 Å². The van der Waals surface area contributed by atoms with Crippen molar-refractivity contribution in [2.45, 2.75) is 51.5 Å². The molecule has 2 aromatic carbocycles. The lowest BCUT2D eigenvalue weighted by Crippen LogP contribution is -2.31. The van der Waals surface area contributed by atoms with Crippen molar-refractivity contribution < 1.29 is 9.53 Å². The second-order valence-electron chi connectivity index (χ2n) is 9.47. The molecule has 5 rings (SSSR count). The normalized spacial score (nSPS) is 18.1. The van der Waals surface area contributed by atoms with Gasteiger partial charge >= 0.3 is 0 Å². The fourth-order valence-electron chi connectivity index (χ4n) is 4.58. The second-order valence-corrected chi connectivity index (χ2v) is 9.47. The molecular formula is C26H28N4O2. The van der Waals surface area contributed by atoms with Crippen LogP contribution < -0.4 is 10.1 Å². The summed E-state index contributed by atoms with van der Waals surface area (Å²) < 4.78 is 7.49. The van der Waals surface area contributed by atoms with Crippen LogP contribution in [0.5, 0.6) is 5.75 Å². The molecule has 0 radical (unpaired) electrons. The Balaban J connectivity index is 1.63. The summed E-state index contributed by atoms with van der Waals surface area (Å²) in [5, 5.41) is 8.27. The summed E-state index contributed by atoms with van der Waals surface area (Å²) in [6.45, 7) is 6.60. The average Bonchev–Trinajstić information content (AvgIpc) is 3.21. The molecule has 1 N–H and O–H groups in total. The Morgan fingerprint density at radius 2 is 1.81 bits per heavy atom. The lowest BCUT2D eigenvalue weighted by molar-refractivity contribution is -0.116. The number of carbonyl (C=O) groups is 1. The number of carbonyl (C=O) groups excluding carboxylic acids is 1. The lowest BCUT2D eigenvalue weighted by atomic mass is 9.85. The zero-order chi connectivity index (χ0) is 22.5. The van der Waals surface area contributed by atoms with Crippen LogP contribution in [0.4, 0.5) is 5.95 Å². The van der Waals surface area contributed by atoms with Crippen LogP contribution >= 0.6 is 0 Å². The molecule has 1 aliphatic heterocycles. The number of aromatic nitrogens is 3. The van der Waals surface area contributed by atoms with E-state index in [-0.39, 0.29) is 17.2 Å². The fourth-order valence-corrected chi connectivity index (χ4v) is 4.58. The molecule has 2 aliphatic rings. The highest BCUT2D eigenvalue weighted by atomic mass is 16.5. The van der Waals surface area contributed by atoms with E-state index in [0.717, 1.165) is 41.0 Å². The summed E-state index contributed by atoms with van der Waals surface area (Å²) >= 11 is 0. The molecule has 32 heavy (non-hydrogen) atoms. The van der Waals surface area contributed by atoms with Crippen LogP contribution in [0, 0.1) is 0 Å². The number of benzene rings is 2. The van der Waals surface area contributed by atoms with Crippen molar-refractivity contribution in [3.63, 3.8) is 0 Å². The molecule has 1 aromatic heterocycles. The Hall–Kier alpha value is -3.41. The van der Waals surface area contributed by atoms with Crippen LogP contribution in [0.25, 0.3) is 11.4 Å². The van der Waals surface area contributed by atoms with Crippen molar-refractivity contribution in [3.05, 3.63) is 70.9 Å². The van der Waals surface area contributed by atoms with Gasteiger partial charge in [0.25, 0.3) is 0 Å². The van der Waals surface area contributed by atoms with E-state index in [0.29, 0.717) is 18.2 Å². The molecule has 2 heterocycles. The van der Waals surface area contributed by atoms with Gasteiger partial charge in [0.15, 0.2) is 11.6 Å². The molecule has 0 fully saturated rings. The zero-order valence-corrected chi connectivity index (χ0v) is 19.0. The van der Waals surface area contributed by atoms with Crippen molar-refractivity contribution in [1.82, 2.24) is 14.8 Å². The number of ketones is 1. The summed E-state index contributed by atoms with van der Waals surface area (Å²) in [6.07, 6.45) is 2.23. The van der Waals surface area contributed by atoms with Gasteiger partial charge in [0.2, 0.25) is 5.95 Å². The van der Waals surface area contributed by atoms with E-state index in [1.165, 1.54) is 5.56 Å². The minimum absolute atomic E-state index is 0.0826. The summed E-state index contributed by atoms with van der Waals surface area (Å²) in [7, 11) is 1.66. The van der Waals surface area contributed by atoms with Crippen LogP contribution in [0.1, 0.15) is 57.2 Å². The van der Waals surface area contributed by atoms with E-state index in [1.54, 1.807) is 7.11 Å². The SMILES string of the molecule is COc1ccccc1C1C2=C(CCCC2=O)Nc2nc(-c3ccc(C(C)(C)C)cc3)nn21. The van der Waals surface area contributed by atoms with Crippen molar-refractivity contribution in [2.75, 3.05) is 12.4 Å². The smallest absolute Gasteiger partial charge is 0.226 e. The minimum atomic E-state index is -0.361. The van der Waals surface area contributed by atoms with Crippen LogP contribution in [-0.2, 0) is 10.2 Å². The molecular weight excluding hydrogens is 400 g/mol. The first-order valence-corrected chi connectivity index (χ1v) is 11.1. The molecule has 6 nitrogen and oxygen atoms in total. The molecule has 0 bridgehead atoms. The third kappa shape index (κ3) is 3.40. The Morgan fingerprint density at radius 1 is 1.06 bits per heavy atom. The van der Waals surface area contributed by atoms with E-state index in [4.69, 9.17) is 14.8 Å². The van der Waals surface area contributed by atoms with Gasteiger partial charge in [-0.2, -0.15) is 4.98 Å². The zero-order valence-electron chi connectivity index (χ0n) is 19.0. The monoisotopic (exact) mass is 428 g/mol. The van der Waals surface area contributed by atoms with Gasteiger partial charge in [-0.1, -0.05) is 63.2 Å². The lowest BCUT2D eigenvalue weighted by Gasteiger charge is -2.32. The van der Waals surface area contributed by atoms with Crippen molar-refractivity contribution >= 4 is 11.7 Å². The number of para-hydroxylation sites is 1. The highest BCUT2D eigenvalue weighted by Crippen LogP contribution is 2.43. The predicted molar refractivity (Wildman–Crippen MR) is 125 cm³/mol. The first-order chi connectivity index (χ1) is 15.4. The van der Waals surface area contributed by atoms with E-state index < -0.39 is 0 Å². The minimum Gasteiger partial charge on any atom is -0.496 e. The third-order valence-electron chi connectivity index (χ3n) is 6.31. The number of Topliss-reactive ketones (excluding diaryl/α,β-unsaturated/α-hetero) is 1. The molecule has 164 valence electrons. The maximum Gasteiger partial charge on any atom is 0.226 e. The molecule has 0 spiro atoms. The summed E-state index contributed by atoms with van der Waals surface area (Å²) in [5.74, 6) is 2.19. The van der Waals surface area contributed by atoms with Gasteiger partial charge in [0.05, 0.1) is 7.11 Å². The quantitative estimate of drug-likeness (QED) is 0.615. The summed E-state index contributed by atoms with van der Waals surface area (Å²) in [5.41, 5.74) is 4.93. The maximum atomic E-state index is 13.0. The number of allylic oxidation sites excluding steroid dienone is 2. The Labute approximate surface area is 188 Å².